The molecule has 4 heterocycles. The summed E-state index contributed by atoms with van der Waals surface area (Å²) < 4.78 is 37.9. The minimum Gasteiger partial charge on any atom is -0.475 e. The van der Waals surface area contributed by atoms with Gasteiger partial charge in [-0.2, -0.15) is 13.2 Å². The Morgan fingerprint density at radius 2 is 2.03 bits per heavy atom. The number of halogens is 3. The molecule has 1 aromatic rings. The van der Waals surface area contributed by atoms with Gasteiger partial charge in [-0.05, 0) is 19.8 Å². The molecule has 11 heteroatoms. The normalized spacial score (nSPS) is 26.5. The zero-order valence-electron chi connectivity index (χ0n) is 16.0. The summed E-state index contributed by atoms with van der Waals surface area (Å²) >= 11 is 1.74. The van der Waals surface area contributed by atoms with Gasteiger partial charge in [0.2, 0.25) is 5.91 Å². The van der Waals surface area contributed by atoms with Crippen LogP contribution in [0.1, 0.15) is 29.8 Å². The van der Waals surface area contributed by atoms with Crippen LogP contribution in [-0.4, -0.2) is 76.3 Å². The number of nitrogens with zero attached hydrogens (tertiary/aromatic N) is 3. The summed E-state index contributed by atoms with van der Waals surface area (Å²) in [6.07, 6.45) is -1.82. The third kappa shape index (κ3) is 5.67. The number of carbonyl (C=O) groups is 2. The first-order valence-electron chi connectivity index (χ1n) is 9.48. The number of ether oxygens (including phenoxy) is 1. The number of carboxylic acid groups (broad SMARTS) is 1. The number of hydrogen-bond acceptors (Lipinski definition) is 6. The summed E-state index contributed by atoms with van der Waals surface area (Å²) in [5.41, 5.74) is 3.08. The molecule has 29 heavy (non-hydrogen) atoms. The van der Waals surface area contributed by atoms with E-state index in [0.29, 0.717) is 18.4 Å². The maximum absolute atomic E-state index is 12.0. The molecule has 1 aromatic heterocycles. The Morgan fingerprint density at radius 3 is 2.52 bits per heavy atom. The number of rotatable bonds is 4. The van der Waals surface area contributed by atoms with E-state index in [1.807, 2.05) is 10.4 Å². The molecule has 162 valence electrons. The lowest BCUT2D eigenvalue weighted by Gasteiger charge is -2.31. The molecule has 3 fully saturated rings. The predicted octanol–water partition coefficient (Wildman–Crippen LogP) is 2.30. The van der Waals surface area contributed by atoms with E-state index < -0.39 is 12.1 Å². The summed E-state index contributed by atoms with van der Waals surface area (Å²) in [5.74, 6) is -1.87. The number of carboxylic acids is 1. The number of fused-ring (bicyclic) bond motifs is 1. The number of hydrogen-bond donors (Lipinski definition) is 1. The van der Waals surface area contributed by atoms with Crippen molar-refractivity contribution in [1.82, 2.24) is 14.8 Å². The smallest absolute Gasteiger partial charge is 0.475 e. The van der Waals surface area contributed by atoms with Gasteiger partial charge in [0.1, 0.15) is 0 Å². The van der Waals surface area contributed by atoms with Crippen LogP contribution in [0.2, 0.25) is 0 Å². The molecular formula is C18H24F3N3O4S. The van der Waals surface area contributed by atoms with E-state index in [9.17, 15) is 18.0 Å². The Labute approximate surface area is 170 Å². The van der Waals surface area contributed by atoms with Crippen LogP contribution >= 0.6 is 11.3 Å². The lowest BCUT2D eigenvalue weighted by atomic mass is 10.0. The molecule has 0 aromatic carbocycles. The molecule has 0 aliphatic carbocycles. The summed E-state index contributed by atoms with van der Waals surface area (Å²) in [5, 5.41) is 7.12. The van der Waals surface area contributed by atoms with Gasteiger partial charge in [0.05, 0.1) is 29.8 Å². The minimum absolute atomic E-state index is 0.149. The Balaban J connectivity index is 0.000000298. The lowest BCUT2D eigenvalue weighted by molar-refractivity contribution is -0.192. The van der Waals surface area contributed by atoms with Crippen molar-refractivity contribution in [3.63, 3.8) is 0 Å². The van der Waals surface area contributed by atoms with Gasteiger partial charge in [-0.1, -0.05) is 0 Å². The molecule has 0 spiro atoms. The predicted molar refractivity (Wildman–Crippen MR) is 98.4 cm³/mol. The van der Waals surface area contributed by atoms with Gasteiger partial charge < -0.3 is 14.7 Å². The molecule has 0 unspecified atom stereocenters. The van der Waals surface area contributed by atoms with Gasteiger partial charge in [0.15, 0.2) is 0 Å². The van der Waals surface area contributed by atoms with Crippen LogP contribution in [0.3, 0.4) is 0 Å². The van der Waals surface area contributed by atoms with Crippen molar-refractivity contribution < 1.29 is 32.6 Å². The van der Waals surface area contributed by atoms with Crippen molar-refractivity contribution in [2.75, 3.05) is 26.2 Å². The van der Waals surface area contributed by atoms with Crippen LogP contribution in [-0.2, 0) is 20.9 Å². The molecule has 3 atom stereocenters. The zero-order chi connectivity index (χ0) is 21.2. The van der Waals surface area contributed by atoms with Gasteiger partial charge in [-0.3, -0.25) is 9.69 Å². The first kappa shape index (κ1) is 22.0. The molecule has 3 aliphatic heterocycles. The number of thiazole rings is 1. The SMILES string of the molecule is Cc1ncsc1CN1C[C@@H]2C[C@H](CC(=O)N3CCC3)O[C@@H]2C1.O=C(O)C(F)(F)F. The van der Waals surface area contributed by atoms with Gasteiger partial charge in [-0.15, -0.1) is 11.3 Å². The van der Waals surface area contributed by atoms with Crippen molar-refractivity contribution in [3.05, 3.63) is 16.1 Å². The number of likely N-dealkylation sites (tertiary alicyclic amines) is 2. The maximum atomic E-state index is 12.0. The molecule has 4 rings (SSSR count). The van der Waals surface area contributed by atoms with E-state index in [-0.39, 0.29) is 12.0 Å². The van der Waals surface area contributed by atoms with Crippen molar-refractivity contribution in [2.45, 2.75) is 51.1 Å². The number of alkyl halides is 3. The first-order chi connectivity index (χ1) is 13.6. The summed E-state index contributed by atoms with van der Waals surface area (Å²) in [6.45, 7) is 7.05. The number of aromatic nitrogens is 1. The highest BCUT2D eigenvalue weighted by molar-refractivity contribution is 7.09. The second-order valence-corrected chi connectivity index (χ2v) is 8.53. The number of amides is 1. The van der Waals surface area contributed by atoms with Crippen LogP contribution in [0.25, 0.3) is 0 Å². The van der Waals surface area contributed by atoms with Crippen LogP contribution in [0, 0.1) is 12.8 Å². The highest BCUT2D eigenvalue weighted by Gasteiger charge is 2.43. The fourth-order valence-corrected chi connectivity index (χ4v) is 4.60. The van der Waals surface area contributed by atoms with Gasteiger partial charge in [-0.25, -0.2) is 9.78 Å². The summed E-state index contributed by atoms with van der Waals surface area (Å²) in [6, 6.07) is 0. The molecule has 7 nitrogen and oxygen atoms in total. The minimum atomic E-state index is -5.08. The van der Waals surface area contributed by atoms with Crippen LogP contribution in [0.15, 0.2) is 5.51 Å². The van der Waals surface area contributed by atoms with Gasteiger partial charge in [0, 0.05) is 43.5 Å². The fraction of sp³-hybridized carbons (Fsp3) is 0.722. The molecule has 1 N–H and O–H groups in total. The Bertz CT molecular complexity index is 724. The molecular weight excluding hydrogens is 411 g/mol. The van der Waals surface area contributed by atoms with Crippen LogP contribution in [0.4, 0.5) is 13.2 Å². The van der Waals surface area contributed by atoms with E-state index in [1.54, 1.807) is 11.3 Å². The molecule has 3 aliphatic rings. The monoisotopic (exact) mass is 435 g/mol. The molecule has 0 bridgehead atoms. The lowest BCUT2D eigenvalue weighted by Crippen LogP contribution is -2.43. The van der Waals surface area contributed by atoms with E-state index in [2.05, 4.69) is 16.8 Å². The molecule has 3 saturated heterocycles. The fourth-order valence-electron chi connectivity index (χ4n) is 3.78. The van der Waals surface area contributed by atoms with Crippen molar-refractivity contribution >= 4 is 23.2 Å². The van der Waals surface area contributed by atoms with Crippen molar-refractivity contribution in [2.24, 2.45) is 5.92 Å². The average molecular weight is 435 g/mol. The van der Waals surface area contributed by atoms with E-state index in [1.165, 1.54) is 4.88 Å². The van der Waals surface area contributed by atoms with Crippen molar-refractivity contribution in [3.8, 4) is 0 Å². The van der Waals surface area contributed by atoms with Gasteiger partial charge >= 0.3 is 12.1 Å². The molecule has 0 saturated carbocycles. The quantitative estimate of drug-likeness (QED) is 0.782. The number of aryl methyl sites for hydroxylation is 1. The highest BCUT2D eigenvalue weighted by atomic mass is 32.1. The summed E-state index contributed by atoms with van der Waals surface area (Å²) in [7, 11) is 0. The van der Waals surface area contributed by atoms with E-state index in [4.69, 9.17) is 14.6 Å². The Hall–Kier alpha value is -1.72. The standard InChI is InChI=1S/C16H23N3O2S.C2HF3O2/c1-11-15(22-10-17-11)9-18-7-12-5-13(21-14(12)8-18)6-16(20)19-3-2-4-19;3-2(4,5)1(6)7/h10,12-14H,2-9H2,1H3;(H,6,7)/t12-,13+,14+;/m0./s1. The zero-order valence-corrected chi connectivity index (χ0v) is 16.8. The molecule has 0 radical (unpaired) electrons. The van der Waals surface area contributed by atoms with Gasteiger partial charge in [0.25, 0.3) is 0 Å². The Morgan fingerprint density at radius 1 is 1.34 bits per heavy atom. The number of carbonyl (C=O) groups excluding carboxylic acids is 1. The van der Waals surface area contributed by atoms with Crippen LogP contribution < -0.4 is 0 Å². The molecule has 1 amide bonds. The van der Waals surface area contributed by atoms with Crippen molar-refractivity contribution in [1.29, 1.82) is 0 Å². The third-order valence-corrected chi connectivity index (χ3v) is 6.37. The highest BCUT2D eigenvalue weighted by Crippen LogP contribution is 2.35. The topological polar surface area (TPSA) is 83.0 Å². The third-order valence-electron chi connectivity index (χ3n) is 5.46. The average Bonchev–Trinajstić information content (AvgIpc) is 3.21. The summed E-state index contributed by atoms with van der Waals surface area (Å²) in [4.78, 5) is 31.1. The largest absolute Gasteiger partial charge is 0.490 e. The second kappa shape index (κ2) is 8.97. The van der Waals surface area contributed by atoms with E-state index in [0.717, 1.165) is 51.3 Å². The first-order valence-corrected chi connectivity index (χ1v) is 10.4. The maximum Gasteiger partial charge on any atom is 0.490 e. The van der Waals surface area contributed by atoms with E-state index >= 15 is 0 Å². The Kier molecular flexibility index (Phi) is 6.79. The van der Waals surface area contributed by atoms with Crippen LogP contribution in [0.5, 0.6) is 0 Å². The second-order valence-electron chi connectivity index (χ2n) is 7.59. The number of aliphatic carboxylic acids is 1.